The second kappa shape index (κ2) is 11.2. The number of aromatic nitrogens is 1. The molecule has 0 unspecified atom stereocenters. The largest absolute Gasteiger partial charge is 0.497 e. The van der Waals surface area contributed by atoms with Gasteiger partial charge in [0.1, 0.15) is 11.4 Å². The molecule has 0 aliphatic heterocycles. The molecule has 0 spiro atoms. The lowest BCUT2D eigenvalue weighted by atomic mass is 10.1. The van der Waals surface area contributed by atoms with Crippen LogP contribution in [-0.2, 0) is 13.1 Å². The van der Waals surface area contributed by atoms with Crippen molar-refractivity contribution in [1.29, 1.82) is 0 Å². The van der Waals surface area contributed by atoms with Gasteiger partial charge in [-0.05, 0) is 47.5 Å². The van der Waals surface area contributed by atoms with Gasteiger partial charge in [-0.15, -0.1) is 0 Å². The van der Waals surface area contributed by atoms with Gasteiger partial charge in [-0.2, -0.15) is 0 Å². The zero-order valence-electron chi connectivity index (χ0n) is 19.6. The zero-order chi connectivity index (χ0) is 25.5. The van der Waals surface area contributed by atoms with E-state index in [1.807, 2.05) is 30.3 Å². The van der Waals surface area contributed by atoms with Crippen LogP contribution < -0.4 is 15.5 Å². The van der Waals surface area contributed by atoms with Crippen LogP contribution in [0.3, 0.4) is 0 Å². The van der Waals surface area contributed by atoms with E-state index in [4.69, 9.17) is 9.94 Å². The summed E-state index contributed by atoms with van der Waals surface area (Å²) in [6.07, 6.45) is 0. The van der Waals surface area contributed by atoms with Gasteiger partial charge in [0.05, 0.1) is 12.8 Å². The lowest BCUT2D eigenvalue weighted by Crippen LogP contribution is -2.27. The maximum absolute atomic E-state index is 13.3. The molecule has 0 atom stereocenters. The van der Waals surface area contributed by atoms with Crippen LogP contribution in [0.1, 0.15) is 48.0 Å². The van der Waals surface area contributed by atoms with Crippen molar-refractivity contribution in [3.05, 3.63) is 125 Å². The third-order valence-corrected chi connectivity index (χ3v) is 5.75. The first-order valence-corrected chi connectivity index (χ1v) is 11.2. The predicted molar refractivity (Wildman–Crippen MR) is 133 cm³/mol. The van der Waals surface area contributed by atoms with Gasteiger partial charge in [0.25, 0.3) is 11.8 Å². The Morgan fingerprint density at radius 2 is 1.39 bits per heavy atom. The molecule has 0 fully saturated rings. The van der Waals surface area contributed by atoms with Crippen molar-refractivity contribution in [3.63, 3.8) is 0 Å². The summed E-state index contributed by atoms with van der Waals surface area (Å²) in [6.45, 7) is 0.536. The van der Waals surface area contributed by atoms with Crippen molar-refractivity contribution < 1.29 is 24.3 Å². The number of rotatable bonds is 9. The van der Waals surface area contributed by atoms with Gasteiger partial charge in [-0.25, -0.2) is 5.48 Å². The average molecular weight is 484 g/mol. The fourth-order valence-electron chi connectivity index (χ4n) is 3.80. The number of nitrogens with zero attached hydrogens (tertiary/aromatic N) is 1. The molecule has 36 heavy (non-hydrogen) atoms. The van der Waals surface area contributed by atoms with E-state index < -0.39 is 5.91 Å². The standard InChI is InChI=1S/C28H25N3O5/c1-36-23-13-9-20(10-14-23)18-31-24(26(32)21-5-3-2-4-6-21)15-16-25(31)28(34)29-17-19-7-11-22(12-8-19)27(33)30-35/h2-16,35H,17-18H2,1H3,(H,29,34)(H,30,33). The molecule has 3 aromatic carbocycles. The molecule has 0 aliphatic rings. The fraction of sp³-hybridized carbons (Fsp3) is 0.107. The maximum atomic E-state index is 13.3. The van der Waals surface area contributed by atoms with E-state index >= 15 is 0 Å². The third kappa shape index (κ3) is 5.51. The number of hydroxylamine groups is 1. The first-order chi connectivity index (χ1) is 17.5. The first kappa shape index (κ1) is 24.4. The van der Waals surface area contributed by atoms with Gasteiger partial charge in [0, 0.05) is 24.2 Å². The van der Waals surface area contributed by atoms with E-state index in [2.05, 4.69) is 5.32 Å². The van der Waals surface area contributed by atoms with Crippen LogP contribution in [0.2, 0.25) is 0 Å². The number of methoxy groups -OCH3 is 1. The van der Waals surface area contributed by atoms with Gasteiger partial charge in [0.15, 0.2) is 0 Å². The van der Waals surface area contributed by atoms with Crippen LogP contribution in [0.15, 0.2) is 91.0 Å². The van der Waals surface area contributed by atoms with E-state index in [0.29, 0.717) is 34.8 Å². The molecule has 0 saturated carbocycles. The van der Waals surface area contributed by atoms with Crippen LogP contribution in [0.4, 0.5) is 0 Å². The molecule has 182 valence electrons. The molecule has 1 heterocycles. The molecule has 0 saturated heterocycles. The number of benzene rings is 3. The van der Waals surface area contributed by atoms with Crippen molar-refractivity contribution in [1.82, 2.24) is 15.4 Å². The van der Waals surface area contributed by atoms with E-state index in [9.17, 15) is 14.4 Å². The molecular formula is C28H25N3O5. The first-order valence-electron chi connectivity index (χ1n) is 11.2. The Morgan fingerprint density at radius 1 is 0.750 bits per heavy atom. The zero-order valence-corrected chi connectivity index (χ0v) is 19.6. The molecule has 1 aromatic heterocycles. The number of ketones is 1. The Hall–Kier alpha value is -4.69. The van der Waals surface area contributed by atoms with Crippen molar-refractivity contribution in [2.45, 2.75) is 13.1 Å². The number of ether oxygens (including phenoxy) is 1. The number of nitrogens with one attached hydrogen (secondary N) is 2. The maximum Gasteiger partial charge on any atom is 0.274 e. The highest BCUT2D eigenvalue weighted by Gasteiger charge is 2.21. The highest BCUT2D eigenvalue weighted by Crippen LogP contribution is 2.19. The normalized spacial score (nSPS) is 10.5. The Labute approximate surface area is 208 Å². The third-order valence-electron chi connectivity index (χ3n) is 5.75. The summed E-state index contributed by atoms with van der Waals surface area (Å²) in [5.74, 6) is -0.418. The molecule has 2 amide bonds. The molecule has 8 nitrogen and oxygen atoms in total. The van der Waals surface area contributed by atoms with Crippen LogP contribution >= 0.6 is 0 Å². The Morgan fingerprint density at radius 3 is 2.03 bits per heavy atom. The second-order valence-corrected chi connectivity index (χ2v) is 8.05. The van der Waals surface area contributed by atoms with Crippen molar-refractivity contribution >= 4 is 17.6 Å². The topological polar surface area (TPSA) is 110 Å². The molecule has 0 aliphatic carbocycles. The van der Waals surface area contributed by atoms with Crippen molar-refractivity contribution in [3.8, 4) is 5.75 Å². The number of hydrogen-bond acceptors (Lipinski definition) is 5. The summed E-state index contributed by atoms with van der Waals surface area (Å²) >= 11 is 0. The highest BCUT2D eigenvalue weighted by molar-refractivity contribution is 6.09. The minimum atomic E-state index is -0.613. The number of amides is 2. The SMILES string of the molecule is COc1ccc(Cn2c(C(=O)NCc3ccc(C(=O)NO)cc3)ccc2C(=O)c2ccccc2)cc1. The minimum absolute atomic E-state index is 0.180. The molecule has 0 bridgehead atoms. The van der Waals surface area contributed by atoms with Crippen molar-refractivity contribution in [2.24, 2.45) is 0 Å². The number of carbonyl (C=O) groups excluding carboxylic acids is 3. The highest BCUT2D eigenvalue weighted by atomic mass is 16.5. The van der Waals surface area contributed by atoms with Crippen LogP contribution in [0, 0.1) is 0 Å². The fourth-order valence-corrected chi connectivity index (χ4v) is 3.80. The number of hydrogen-bond donors (Lipinski definition) is 3. The quantitative estimate of drug-likeness (QED) is 0.190. The Bertz CT molecular complexity index is 1360. The molecule has 4 rings (SSSR count). The lowest BCUT2D eigenvalue weighted by molar-refractivity contribution is 0.0706. The van der Waals surface area contributed by atoms with Gasteiger partial charge in [0.2, 0.25) is 5.78 Å². The van der Waals surface area contributed by atoms with Gasteiger partial charge >= 0.3 is 0 Å². The summed E-state index contributed by atoms with van der Waals surface area (Å²) in [6, 6.07) is 26.2. The van der Waals surface area contributed by atoms with E-state index in [1.165, 1.54) is 0 Å². The minimum Gasteiger partial charge on any atom is -0.497 e. The summed E-state index contributed by atoms with van der Waals surface area (Å²) in [7, 11) is 1.59. The van der Waals surface area contributed by atoms with Gasteiger partial charge < -0.3 is 14.6 Å². The Balaban J connectivity index is 1.58. The Kier molecular flexibility index (Phi) is 7.57. The van der Waals surface area contributed by atoms with Crippen LogP contribution in [-0.4, -0.2) is 34.5 Å². The van der Waals surface area contributed by atoms with Crippen LogP contribution in [0.25, 0.3) is 0 Å². The smallest absolute Gasteiger partial charge is 0.274 e. The molecule has 0 radical (unpaired) electrons. The van der Waals surface area contributed by atoms with Gasteiger partial charge in [-0.1, -0.05) is 54.6 Å². The van der Waals surface area contributed by atoms with E-state index in [0.717, 1.165) is 11.1 Å². The molecule has 3 N–H and O–H groups in total. The molecular weight excluding hydrogens is 458 g/mol. The summed E-state index contributed by atoms with van der Waals surface area (Å²) < 4.78 is 6.94. The van der Waals surface area contributed by atoms with Crippen molar-refractivity contribution in [2.75, 3.05) is 7.11 Å². The van der Waals surface area contributed by atoms with E-state index in [-0.39, 0.29) is 18.2 Å². The monoisotopic (exact) mass is 483 g/mol. The van der Waals surface area contributed by atoms with Crippen LogP contribution in [0.5, 0.6) is 5.75 Å². The lowest BCUT2D eigenvalue weighted by Gasteiger charge is -2.14. The average Bonchev–Trinajstić information content (AvgIpc) is 3.35. The van der Waals surface area contributed by atoms with E-state index in [1.54, 1.807) is 77.8 Å². The van der Waals surface area contributed by atoms with Gasteiger partial charge in [-0.3, -0.25) is 19.6 Å². The molecule has 4 aromatic rings. The number of carbonyl (C=O) groups is 3. The predicted octanol–water partition coefficient (Wildman–Crippen LogP) is 3.83. The summed E-state index contributed by atoms with van der Waals surface area (Å²) in [4.78, 5) is 37.9. The summed E-state index contributed by atoms with van der Waals surface area (Å²) in [5.41, 5.74) is 4.84. The second-order valence-electron chi connectivity index (χ2n) is 8.05. The summed E-state index contributed by atoms with van der Waals surface area (Å²) in [5, 5.41) is 11.6. The molecule has 8 heteroatoms.